The molecule has 1 aromatic rings. The van der Waals surface area contributed by atoms with Crippen LogP contribution in [0.3, 0.4) is 0 Å². The van der Waals surface area contributed by atoms with Gasteiger partial charge >= 0.3 is 0 Å². The zero-order valence-corrected chi connectivity index (χ0v) is 18.0. The average molecular weight is 467 g/mol. The highest BCUT2D eigenvalue weighted by molar-refractivity contribution is 14.0. The molecule has 1 aliphatic rings. The van der Waals surface area contributed by atoms with E-state index in [4.69, 9.17) is 4.74 Å². The van der Waals surface area contributed by atoms with E-state index in [0.717, 1.165) is 51.9 Å². The summed E-state index contributed by atoms with van der Waals surface area (Å²) in [6, 6.07) is 4.64. The third-order valence-electron chi connectivity index (χ3n) is 4.01. The van der Waals surface area contributed by atoms with Crippen LogP contribution in [0.1, 0.15) is 10.9 Å². The fraction of sp³-hybridized carbons (Fsp3) is 0.688. The minimum Gasteiger partial charge on any atom is -0.379 e. The molecule has 0 bridgehead atoms. The molecular formula is C16H30IN5OS. The number of halogens is 1. The van der Waals surface area contributed by atoms with Crippen LogP contribution in [0.2, 0.25) is 0 Å². The molecular weight excluding hydrogens is 437 g/mol. The van der Waals surface area contributed by atoms with E-state index in [1.54, 1.807) is 11.3 Å². The second kappa shape index (κ2) is 12.0. The molecule has 0 aromatic carbocycles. The lowest BCUT2D eigenvalue weighted by Crippen LogP contribution is -2.45. The summed E-state index contributed by atoms with van der Waals surface area (Å²) < 4.78 is 5.37. The third kappa shape index (κ3) is 7.22. The normalized spacial score (nSPS) is 17.4. The zero-order chi connectivity index (χ0) is 16.5. The van der Waals surface area contributed by atoms with Gasteiger partial charge in [-0.2, -0.15) is 0 Å². The maximum atomic E-state index is 5.37. The Morgan fingerprint density at radius 1 is 1.38 bits per heavy atom. The van der Waals surface area contributed by atoms with Crippen molar-refractivity contribution in [3.63, 3.8) is 0 Å². The zero-order valence-electron chi connectivity index (χ0n) is 14.8. The van der Waals surface area contributed by atoms with Crippen molar-refractivity contribution in [3.05, 3.63) is 22.4 Å². The molecule has 1 unspecified atom stereocenters. The second-order valence-corrected chi connectivity index (χ2v) is 6.81. The van der Waals surface area contributed by atoms with E-state index in [1.165, 1.54) is 4.88 Å². The third-order valence-corrected chi connectivity index (χ3v) is 4.98. The number of ether oxygens (including phenoxy) is 1. The molecule has 0 spiro atoms. The summed E-state index contributed by atoms with van der Waals surface area (Å²) in [7, 11) is 6.04. The number of thiophene rings is 1. The number of rotatable bonds is 7. The number of hydrogen-bond donors (Lipinski definition) is 2. The highest BCUT2D eigenvalue weighted by Crippen LogP contribution is 2.22. The summed E-state index contributed by atoms with van der Waals surface area (Å²) in [5.74, 6) is 0.863. The molecule has 1 aromatic heterocycles. The largest absolute Gasteiger partial charge is 0.379 e. The van der Waals surface area contributed by atoms with Crippen LogP contribution in [0.15, 0.2) is 22.5 Å². The first kappa shape index (κ1) is 21.6. The topological polar surface area (TPSA) is 52.1 Å². The fourth-order valence-electron chi connectivity index (χ4n) is 2.59. The Labute approximate surface area is 166 Å². The van der Waals surface area contributed by atoms with E-state index in [2.05, 4.69) is 57.0 Å². The Bertz CT molecular complexity index is 463. The summed E-state index contributed by atoms with van der Waals surface area (Å²) in [6.45, 7) is 6.49. The van der Waals surface area contributed by atoms with Gasteiger partial charge in [-0.3, -0.25) is 9.89 Å². The van der Waals surface area contributed by atoms with Crippen molar-refractivity contribution in [1.29, 1.82) is 0 Å². The van der Waals surface area contributed by atoms with Crippen molar-refractivity contribution in [3.8, 4) is 0 Å². The number of nitrogens with zero attached hydrogens (tertiary/aromatic N) is 3. The van der Waals surface area contributed by atoms with Gasteiger partial charge in [0.25, 0.3) is 0 Å². The van der Waals surface area contributed by atoms with Gasteiger partial charge in [0, 0.05) is 44.6 Å². The summed E-state index contributed by atoms with van der Waals surface area (Å²) in [4.78, 5) is 10.3. The standard InChI is InChI=1S/C16H29N5OS.HI/c1-17-16(18-6-7-21-8-10-22-11-9-21)19-13-14(20(2)3)15-5-4-12-23-15;/h4-5,12,14H,6-11,13H2,1-3H3,(H2,17,18,19);1H. The monoisotopic (exact) mass is 467 g/mol. The van der Waals surface area contributed by atoms with Crippen LogP contribution in [0, 0.1) is 0 Å². The van der Waals surface area contributed by atoms with Gasteiger partial charge in [-0.25, -0.2) is 0 Å². The summed E-state index contributed by atoms with van der Waals surface area (Å²) in [5.41, 5.74) is 0. The first-order chi connectivity index (χ1) is 11.2. The van der Waals surface area contributed by atoms with Gasteiger partial charge in [0.05, 0.1) is 19.3 Å². The Morgan fingerprint density at radius 2 is 2.12 bits per heavy atom. The maximum absolute atomic E-state index is 5.37. The van der Waals surface area contributed by atoms with E-state index in [0.29, 0.717) is 6.04 Å². The van der Waals surface area contributed by atoms with E-state index in [1.807, 2.05) is 7.05 Å². The van der Waals surface area contributed by atoms with Gasteiger partial charge in [-0.1, -0.05) is 6.07 Å². The number of likely N-dealkylation sites (N-methyl/N-ethyl adjacent to an activating group) is 1. The van der Waals surface area contributed by atoms with Gasteiger partial charge in [-0.05, 0) is 25.5 Å². The molecule has 24 heavy (non-hydrogen) atoms. The van der Waals surface area contributed by atoms with E-state index < -0.39 is 0 Å². The molecule has 2 rings (SSSR count). The molecule has 1 fully saturated rings. The van der Waals surface area contributed by atoms with Crippen LogP contribution >= 0.6 is 35.3 Å². The highest BCUT2D eigenvalue weighted by atomic mass is 127. The average Bonchev–Trinajstić information content (AvgIpc) is 3.08. The van der Waals surface area contributed by atoms with Crippen LogP contribution in [-0.4, -0.2) is 82.8 Å². The number of aliphatic imine (C=N–C) groups is 1. The first-order valence-electron chi connectivity index (χ1n) is 8.15. The van der Waals surface area contributed by atoms with Crippen molar-refractivity contribution in [2.24, 2.45) is 4.99 Å². The van der Waals surface area contributed by atoms with Crippen LogP contribution in [0.25, 0.3) is 0 Å². The van der Waals surface area contributed by atoms with Crippen molar-refractivity contribution in [1.82, 2.24) is 20.4 Å². The Kier molecular flexibility index (Phi) is 10.8. The van der Waals surface area contributed by atoms with Gasteiger partial charge in [0.15, 0.2) is 5.96 Å². The molecule has 138 valence electrons. The van der Waals surface area contributed by atoms with Crippen molar-refractivity contribution < 1.29 is 4.74 Å². The van der Waals surface area contributed by atoms with Crippen molar-refractivity contribution in [2.45, 2.75) is 6.04 Å². The number of guanidine groups is 1. The van der Waals surface area contributed by atoms with Crippen molar-refractivity contribution >= 4 is 41.3 Å². The number of morpholine rings is 1. The summed E-state index contributed by atoms with van der Waals surface area (Å²) in [5, 5.41) is 8.96. The molecule has 8 heteroatoms. The first-order valence-corrected chi connectivity index (χ1v) is 9.03. The summed E-state index contributed by atoms with van der Waals surface area (Å²) >= 11 is 1.79. The Balaban J connectivity index is 0.00000288. The van der Waals surface area contributed by atoms with E-state index in [-0.39, 0.29) is 24.0 Å². The molecule has 1 aliphatic heterocycles. The lowest BCUT2D eigenvalue weighted by Gasteiger charge is -2.27. The number of hydrogen-bond acceptors (Lipinski definition) is 5. The minimum absolute atomic E-state index is 0. The Hall–Kier alpha value is -0.420. The number of nitrogens with one attached hydrogen (secondary N) is 2. The SMILES string of the molecule is CN=C(NCCN1CCOCC1)NCC(c1cccs1)N(C)C.I. The predicted molar refractivity (Wildman–Crippen MR) is 113 cm³/mol. The molecule has 6 nitrogen and oxygen atoms in total. The second-order valence-electron chi connectivity index (χ2n) is 5.83. The molecule has 0 radical (unpaired) electrons. The molecule has 0 amide bonds. The van der Waals surface area contributed by atoms with Gasteiger partial charge in [-0.15, -0.1) is 35.3 Å². The quantitative estimate of drug-likeness (QED) is 0.362. The maximum Gasteiger partial charge on any atom is 0.191 e. The fourth-order valence-corrected chi connectivity index (χ4v) is 3.51. The molecule has 1 atom stereocenters. The Morgan fingerprint density at radius 3 is 2.71 bits per heavy atom. The van der Waals surface area contributed by atoms with Gasteiger partial charge < -0.3 is 20.3 Å². The molecule has 1 saturated heterocycles. The molecule has 0 aliphatic carbocycles. The van der Waals surface area contributed by atoms with E-state index in [9.17, 15) is 0 Å². The molecule has 2 N–H and O–H groups in total. The smallest absolute Gasteiger partial charge is 0.191 e. The van der Waals surface area contributed by atoms with Crippen LogP contribution in [0.4, 0.5) is 0 Å². The molecule has 0 saturated carbocycles. The van der Waals surface area contributed by atoms with Crippen molar-refractivity contribution in [2.75, 3.05) is 67.1 Å². The lowest BCUT2D eigenvalue weighted by molar-refractivity contribution is 0.0389. The lowest BCUT2D eigenvalue weighted by atomic mass is 10.2. The van der Waals surface area contributed by atoms with Gasteiger partial charge in [0.2, 0.25) is 0 Å². The summed E-state index contributed by atoms with van der Waals surface area (Å²) in [6.07, 6.45) is 0. The highest BCUT2D eigenvalue weighted by Gasteiger charge is 2.15. The van der Waals surface area contributed by atoms with Gasteiger partial charge in [0.1, 0.15) is 0 Å². The molecule has 2 heterocycles. The van der Waals surface area contributed by atoms with Crippen LogP contribution < -0.4 is 10.6 Å². The van der Waals surface area contributed by atoms with E-state index >= 15 is 0 Å². The van der Waals surface area contributed by atoms with Crippen LogP contribution in [-0.2, 0) is 4.74 Å². The van der Waals surface area contributed by atoms with Crippen LogP contribution in [0.5, 0.6) is 0 Å². The minimum atomic E-state index is 0. The predicted octanol–water partition coefficient (Wildman–Crippen LogP) is 1.47.